The van der Waals surface area contributed by atoms with Gasteiger partial charge in [0.25, 0.3) is 0 Å². The Hall–Kier alpha value is -3.19. The molecule has 2 heterocycles. The quantitative estimate of drug-likeness (QED) is 0.354. The Morgan fingerprint density at radius 1 is 1.08 bits per heavy atom. The van der Waals surface area contributed by atoms with Gasteiger partial charge in [0.1, 0.15) is 24.0 Å². The lowest BCUT2D eigenvalue weighted by Crippen LogP contribution is -2.30. The van der Waals surface area contributed by atoms with Gasteiger partial charge in [0, 0.05) is 22.9 Å². The van der Waals surface area contributed by atoms with Crippen molar-refractivity contribution in [2.75, 3.05) is 0 Å². The van der Waals surface area contributed by atoms with Crippen molar-refractivity contribution in [2.24, 2.45) is 7.05 Å². The summed E-state index contributed by atoms with van der Waals surface area (Å²) < 4.78 is 21.7. The second-order valence-electron chi connectivity index (χ2n) is 5.87. The number of hydrogen-bond donors (Lipinski definition) is 0. The van der Waals surface area contributed by atoms with E-state index in [1.54, 1.807) is 18.3 Å². The fourth-order valence-corrected chi connectivity index (χ4v) is 3.11. The number of aromatic nitrogens is 1. The molecule has 0 fully saturated rings. The number of benzene rings is 2. The summed E-state index contributed by atoms with van der Waals surface area (Å²) in [6.45, 7) is 9.14. The molecule has 2 aromatic heterocycles. The van der Waals surface area contributed by atoms with E-state index in [-0.39, 0.29) is 5.82 Å². The van der Waals surface area contributed by atoms with Crippen LogP contribution in [0.5, 0.6) is 0 Å². The highest BCUT2D eigenvalue weighted by atomic mass is 19.1. The molecular weight excluding hydrogens is 303 g/mol. The molecule has 0 saturated heterocycles. The van der Waals surface area contributed by atoms with Crippen molar-refractivity contribution >= 4 is 27.6 Å². The van der Waals surface area contributed by atoms with Gasteiger partial charge in [-0.3, -0.25) is 0 Å². The molecule has 3 nitrogen and oxygen atoms in total. The third kappa shape index (κ3) is 2.06. The van der Waals surface area contributed by atoms with Crippen molar-refractivity contribution in [1.82, 2.24) is 0 Å². The van der Waals surface area contributed by atoms with Gasteiger partial charge in [0.05, 0.1) is 12.1 Å². The Bertz CT molecular complexity index is 1150. The minimum Gasteiger partial charge on any atom is -0.456 e. The summed E-state index contributed by atoms with van der Waals surface area (Å²) in [5, 5.41) is 1.92. The summed E-state index contributed by atoms with van der Waals surface area (Å²) in [5.41, 5.74) is 4.56. The molecule has 0 unspecified atom stereocenters. The zero-order chi connectivity index (χ0) is 16.8. The smallest absolute Gasteiger partial charge is 0.219 e. The summed E-state index contributed by atoms with van der Waals surface area (Å²) >= 11 is 0. The third-order valence-corrected chi connectivity index (χ3v) is 4.33. The maximum Gasteiger partial charge on any atom is 0.219 e. The van der Waals surface area contributed by atoms with Crippen LogP contribution in [0.4, 0.5) is 10.1 Å². The van der Waals surface area contributed by atoms with E-state index in [0.717, 1.165) is 27.6 Å². The molecule has 0 aliphatic rings. The first-order valence-corrected chi connectivity index (χ1v) is 7.57. The summed E-state index contributed by atoms with van der Waals surface area (Å²) in [4.78, 5) is 3.45. The Labute approximate surface area is 138 Å². The van der Waals surface area contributed by atoms with Crippen LogP contribution < -0.4 is 4.57 Å². The van der Waals surface area contributed by atoms with Gasteiger partial charge in [0.15, 0.2) is 11.9 Å². The lowest BCUT2D eigenvalue weighted by molar-refractivity contribution is -0.660. The average Bonchev–Trinajstić information content (AvgIpc) is 2.94. The molecule has 0 atom stereocenters. The van der Waals surface area contributed by atoms with Crippen LogP contribution in [0.2, 0.25) is 0 Å². The van der Waals surface area contributed by atoms with Gasteiger partial charge >= 0.3 is 0 Å². The Morgan fingerprint density at radius 3 is 2.67 bits per heavy atom. The van der Waals surface area contributed by atoms with Crippen LogP contribution in [0, 0.1) is 19.3 Å². The van der Waals surface area contributed by atoms with Crippen LogP contribution in [-0.4, -0.2) is 0 Å². The second kappa shape index (κ2) is 5.17. The van der Waals surface area contributed by atoms with Crippen molar-refractivity contribution in [3.8, 4) is 11.3 Å². The normalized spacial score (nSPS) is 11.1. The van der Waals surface area contributed by atoms with Crippen molar-refractivity contribution in [1.29, 1.82) is 0 Å². The Kier molecular flexibility index (Phi) is 3.10. The number of fused-ring (bicyclic) bond motifs is 3. The van der Waals surface area contributed by atoms with Crippen LogP contribution in [0.1, 0.15) is 5.56 Å². The molecule has 0 N–H and O–H groups in total. The van der Waals surface area contributed by atoms with Crippen molar-refractivity contribution < 1.29 is 13.4 Å². The fourth-order valence-electron chi connectivity index (χ4n) is 3.11. The van der Waals surface area contributed by atoms with Crippen LogP contribution in [0.3, 0.4) is 0 Å². The van der Waals surface area contributed by atoms with E-state index >= 15 is 0 Å². The SMILES string of the molecule is [C-]#[N+]c1ccc2c(c1)oc1c(-c3cc(F)cc[n+]3C)c(C)ccc12. The molecule has 0 amide bonds. The number of furan rings is 1. The highest BCUT2D eigenvalue weighted by Crippen LogP contribution is 2.38. The van der Waals surface area contributed by atoms with Gasteiger partial charge in [-0.15, -0.1) is 0 Å². The number of pyridine rings is 1. The van der Waals surface area contributed by atoms with E-state index in [1.807, 2.05) is 36.7 Å². The first-order valence-electron chi connectivity index (χ1n) is 7.57. The minimum atomic E-state index is -0.286. The number of aryl methyl sites for hydroxylation is 2. The molecule has 0 spiro atoms. The maximum atomic E-state index is 13.8. The molecule has 4 rings (SSSR count). The number of hydrogen-bond acceptors (Lipinski definition) is 1. The van der Waals surface area contributed by atoms with Gasteiger partial charge in [-0.25, -0.2) is 13.8 Å². The van der Waals surface area contributed by atoms with E-state index in [2.05, 4.69) is 4.85 Å². The Morgan fingerprint density at radius 2 is 1.88 bits per heavy atom. The standard InChI is InChI=1S/C20H14FN2O/c1-12-4-6-16-15-7-5-14(22-2)11-18(15)24-20(16)19(12)17-10-13(21)8-9-23(17)3/h4-11H,1,3H3/q+1. The monoisotopic (exact) mass is 317 g/mol. The van der Waals surface area contributed by atoms with E-state index in [4.69, 9.17) is 11.0 Å². The molecule has 0 aliphatic heterocycles. The van der Waals surface area contributed by atoms with Crippen LogP contribution in [-0.2, 0) is 7.05 Å². The highest BCUT2D eigenvalue weighted by Gasteiger charge is 2.21. The lowest BCUT2D eigenvalue weighted by atomic mass is 10.0. The van der Waals surface area contributed by atoms with Crippen molar-refractivity contribution in [2.45, 2.75) is 6.92 Å². The van der Waals surface area contributed by atoms with Gasteiger partial charge in [0.2, 0.25) is 5.69 Å². The summed E-state index contributed by atoms with van der Waals surface area (Å²) in [7, 11) is 1.88. The van der Waals surface area contributed by atoms with Gasteiger partial charge in [-0.05, 0) is 18.6 Å². The first kappa shape index (κ1) is 14.4. The van der Waals surface area contributed by atoms with Crippen LogP contribution >= 0.6 is 0 Å². The second-order valence-corrected chi connectivity index (χ2v) is 5.87. The molecular formula is C20H14FN2O+. The number of nitrogens with zero attached hydrogens (tertiary/aromatic N) is 2. The van der Waals surface area contributed by atoms with E-state index in [0.29, 0.717) is 16.9 Å². The third-order valence-electron chi connectivity index (χ3n) is 4.33. The van der Waals surface area contributed by atoms with Crippen LogP contribution in [0.25, 0.3) is 38.0 Å². The average molecular weight is 317 g/mol. The fraction of sp³-hybridized carbons (Fsp3) is 0.100. The van der Waals surface area contributed by atoms with E-state index < -0.39 is 0 Å². The molecule has 0 saturated carbocycles. The van der Waals surface area contributed by atoms with E-state index in [1.165, 1.54) is 12.1 Å². The molecule has 0 radical (unpaired) electrons. The highest BCUT2D eigenvalue weighted by molar-refractivity contribution is 6.10. The van der Waals surface area contributed by atoms with Crippen molar-refractivity contribution in [3.63, 3.8) is 0 Å². The largest absolute Gasteiger partial charge is 0.456 e. The zero-order valence-electron chi connectivity index (χ0n) is 13.3. The van der Waals surface area contributed by atoms with Crippen molar-refractivity contribution in [3.05, 3.63) is 71.5 Å². The number of halogens is 1. The molecule has 4 aromatic rings. The molecule has 0 aliphatic carbocycles. The topological polar surface area (TPSA) is 21.4 Å². The van der Waals surface area contributed by atoms with Gasteiger partial charge in [-0.1, -0.05) is 24.3 Å². The predicted octanol–water partition coefficient (Wildman–Crippen LogP) is 5.08. The minimum absolute atomic E-state index is 0.286. The number of rotatable bonds is 1. The Balaban J connectivity index is 2.13. The summed E-state index contributed by atoms with van der Waals surface area (Å²) in [6, 6.07) is 12.4. The van der Waals surface area contributed by atoms with Gasteiger partial charge < -0.3 is 4.42 Å². The summed E-state index contributed by atoms with van der Waals surface area (Å²) in [5.74, 6) is -0.286. The van der Waals surface area contributed by atoms with Crippen LogP contribution in [0.15, 0.2) is 53.1 Å². The molecule has 116 valence electrons. The molecule has 24 heavy (non-hydrogen) atoms. The molecule has 4 heteroatoms. The zero-order valence-corrected chi connectivity index (χ0v) is 13.3. The maximum absolute atomic E-state index is 13.8. The van der Waals surface area contributed by atoms with E-state index in [9.17, 15) is 4.39 Å². The van der Waals surface area contributed by atoms with Gasteiger partial charge in [-0.2, -0.15) is 0 Å². The summed E-state index contributed by atoms with van der Waals surface area (Å²) in [6.07, 6.45) is 1.70. The molecule has 0 bridgehead atoms. The predicted molar refractivity (Wildman–Crippen MR) is 91.3 cm³/mol. The lowest BCUT2D eigenvalue weighted by Gasteiger charge is -2.05. The molecule has 2 aromatic carbocycles. The first-order chi connectivity index (χ1) is 11.6.